The van der Waals surface area contributed by atoms with Gasteiger partial charge in [-0.15, -0.1) is 0 Å². The number of ether oxygens (including phenoxy) is 3. The van der Waals surface area contributed by atoms with Crippen molar-refractivity contribution >= 4 is 40.4 Å². The van der Waals surface area contributed by atoms with Crippen molar-refractivity contribution in [3.63, 3.8) is 0 Å². The normalized spacial score (nSPS) is 16.7. The topological polar surface area (TPSA) is 115 Å². The summed E-state index contributed by atoms with van der Waals surface area (Å²) in [6, 6.07) is 19.8. The van der Waals surface area contributed by atoms with E-state index in [0.29, 0.717) is 34.4 Å². The van der Waals surface area contributed by atoms with Crippen molar-refractivity contribution in [3.8, 4) is 17.2 Å². The molecule has 5 rings (SSSR count). The first kappa shape index (κ1) is 33.1. The van der Waals surface area contributed by atoms with Crippen LogP contribution in [0.2, 0.25) is 0 Å². The molecule has 0 N–H and O–H groups in total. The second-order valence-corrected chi connectivity index (χ2v) is 12.0. The smallest absolute Gasteiger partial charge is 0.298 e. The van der Waals surface area contributed by atoms with E-state index in [1.807, 2.05) is 0 Å². The number of unbranched alkanes of at least 4 members (excludes halogenated alkanes) is 1. The molecular weight excluding hydrogens is 608 g/mol. The molecule has 2 aliphatic heterocycles. The summed E-state index contributed by atoms with van der Waals surface area (Å²) in [5.41, 5.74) is 1.20. The van der Waals surface area contributed by atoms with Crippen LogP contribution in [0, 0.1) is 10.1 Å². The summed E-state index contributed by atoms with van der Waals surface area (Å²) in [5.74, 6) is 1.31. The van der Waals surface area contributed by atoms with Gasteiger partial charge in [-0.3, -0.25) is 19.7 Å². The van der Waals surface area contributed by atoms with Crippen LogP contribution in [0.4, 0.5) is 16.2 Å². The fourth-order valence-electron chi connectivity index (χ4n) is 5.23. The lowest BCUT2D eigenvalue weighted by Gasteiger charge is -2.34. The number of nitro benzene ring substituents is 1. The summed E-state index contributed by atoms with van der Waals surface area (Å²) in [4.78, 5) is 42.8. The molecule has 0 aromatic heterocycles. The minimum Gasteiger partial charge on any atom is -0.494 e. The Balaban J connectivity index is 1.05. The van der Waals surface area contributed by atoms with E-state index in [9.17, 15) is 19.7 Å². The van der Waals surface area contributed by atoms with Gasteiger partial charge < -0.3 is 24.0 Å². The number of amides is 2. The Kier molecular flexibility index (Phi) is 11.8. The molecule has 0 unspecified atom stereocenters. The third-order valence-electron chi connectivity index (χ3n) is 7.77. The second kappa shape index (κ2) is 16.4. The highest BCUT2D eigenvalue weighted by Gasteiger charge is 2.36. The van der Waals surface area contributed by atoms with E-state index in [1.165, 1.54) is 29.2 Å². The lowest BCUT2D eigenvalue weighted by Crippen LogP contribution is -2.46. The molecule has 2 heterocycles. The molecule has 2 fully saturated rings. The van der Waals surface area contributed by atoms with Gasteiger partial charge in [0.15, 0.2) is 0 Å². The van der Waals surface area contributed by atoms with E-state index >= 15 is 0 Å². The van der Waals surface area contributed by atoms with E-state index in [2.05, 4.69) is 9.80 Å². The molecule has 12 heteroatoms. The quantitative estimate of drug-likeness (QED) is 0.0791. The van der Waals surface area contributed by atoms with Crippen LogP contribution < -0.4 is 14.4 Å². The van der Waals surface area contributed by atoms with Crippen molar-refractivity contribution in [3.05, 3.63) is 93.4 Å². The second-order valence-electron chi connectivity index (χ2n) is 11.0. The first-order chi connectivity index (χ1) is 22.4. The van der Waals surface area contributed by atoms with E-state index in [1.54, 1.807) is 61.7 Å². The maximum Gasteiger partial charge on any atom is 0.298 e. The number of non-ortho nitro benzene ring substituents is 1. The SMILES string of the molecule is COCCCN1CCN(CCCCOc2ccc(N3C(=O)S/C(=C\c4ccc(Oc5ccc([N+](=O)[O-])cc5)cc4)C3=O)cc2)CC1. The van der Waals surface area contributed by atoms with Crippen molar-refractivity contribution in [2.75, 3.05) is 64.5 Å². The molecule has 0 spiro atoms. The number of carbonyl (C=O) groups is 2. The highest BCUT2D eigenvalue weighted by molar-refractivity contribution is 8.19. The number of benzene rings is 3. The number of carbonyl (C=O) groups excluding carboxylic acids is 2. The van der Waals surface area contributed by atoms with Gasteiger partial charge >= 0.3 is 0 Å². The van der Waals surface area contributed by atoms with Crippen molar-refractivity contribution < 1.29 is 28.7 Å². The highest BCUT2D eigenvalue weighted by Crippen LogP contribution is 2.36. The minimum absolute atomic E-state index is 0.0166. The fourth-order valence-corrected chi connectivity index (χ4v) is 6.08. The Morgan fingerprint density at radius 1 is 0.783 bits per heavy atom. The Hall–Kier alpha value is -4.23. The van der Waals surface area contributed by atoms with Crippen LogP contribution in [0.15, 0.2) is 77.7 Å². The van der Waals surface area contributed by atoms with Crippen LogP contribution >= 0.6 is 11.8 Å². The van der Waals surface area contributed by atoms with Crippen LogP contribution in [-0.2, 0) is 9.53 Å². The Morgan fingerprint density at radius 2 is 1.37 bits per heavy atom. The summed E-state index contributed by atoms with van der Waals surface area (Å²) >= 11 is 0.891. The Labute approximate surface area is 272 Å². The van der Waals surface area contributed by atoms with Gasteiger partial charge in [0.1, 0.15) is 17.2 Å². The monoisotopic (exact) mass is 646 g/mol. The average Bonchev–Trinajstić information content (AvgIpc) is 3.34. The lowest BCUT2D eigenvalue weighted by molar-refractivity contribution is -0.384. The molecule has 11 nitrogen and oxygen atoms in total. The van der Waals surface area contributed by atoms with E-state index in [0.717, 1.165) is 82.5 Å². The van der Waals surface area contributed by atoms with Gasteiger partial charge in [0.05, 0.1) is 22.1 Å². The van der Waals surface area contributed by atoms with Gasteiger partial charge in [-0.2, -0.15) is 0 Å². The molecule has 46 heavy (non-hydrogen) atoms. The van der Waals surface area contributed by atoms with Crippen LogP contribution in [0.1, 0.15) is 24.8 Å². The Bertz CT molecular complexity index is 1510. The molecule has 0 radical (unpaired) electrons. The van der Waals surface area contributed by atoms with Crippen LogP contribution in [0.25, 0.3) is 6.08 Å². The summed E-state index contributed by atoms with van der Waals surface area (Å²) < 4.78 is 16.8. The minimum atomic E-state index is -0.470. The predicted molar refractivity (Wildman–Crippen MR) is 179 cm³/mol. The summed E-state index contributed by atoms with van der Waals surface area (Å²) in [6.07, 6.45) is 4.77. The number of nitro groups is 1. The van der Waals surface area contributed by atoms with Gasteiger partial charge in [-0.1, -0.05) is 12.1 Å². The van der Waals surface area contributed by atoms with Gasteiger partial charge in [-0.25, -0.2) is 4.90 Å². The number of thioether (sulfide) groups is 1. The molecule has 2 amide bonds. The summed E-state index contributed by atoms with van der Waals surface area (Å²) in [6.45, 7) is 8.03. The molecule has 0 bridgehead atoms. The number of imide groups is 1. The zero-order valence-electron chi connectivity index (χ0n) is 25.8. The van der Waals surface area contributed by atoms with Gasteiger partial charge in [0.25, 0.3) is 16.8 Å². The zero-order valence-corrected chi connectivity index (χ0v) is 26.7. The van der Waals surface area contributed by atoms with E-state index in [-0.39, 0.29) is 16.8 Å². The fraction of sp³-hybridized carbons (Fsp3) is 0.353. The third-order valence-corrected chi connectivity index (χ3v) is 8.64. The van der Waals surface area contributed by atoms with E-state index in [4.69, 9.17) is 14.2 Å². The summed E-state index contributed by atoms with van der Waals surface area (Å²) in [7, 11) is 1.75. The number of anilines is 1. The number of hydrogen-bond donors (Lipinski definition) is 0. The molecular formula is C34H38N4O7S. The van der Waals surface area contributed by atoms with Gasteiger partial charge in [0, 0.05) is 58.6 Å². The third kappa shape index (κ3) is 9.16. The lowest BCUT2D eigenvalue weighted by atomic mass is 10.2. The van der Waals surface area contributed by atoms with Crippen molar-refractivity contribution in [2.24, 2.45) is 0 Å². The van der Waals surface area contributed by atoms with Crippen LogP contribution in [-0.4, -0.2) is 85.5 Å². The number of rotatable bonds is 15. The van der Waals surface area contributed by atoms with Gasteiger partial charge in [-0.05, 0) is 97.7 Å². The average molecular weight is 647 g/mol. The molecule has 0 saturated carbocycles. The summed E-state index contributed by atoms with van der Waals surface area (Å²) in [5, 5.41) is 10.5. The molecule has 2 saturated heterocycles. The largest absolute Gasteiger partial charge is 0.494 e. The van der Waals surface area contributed by atoms with Crippen LogP contribution in [0.5, 0.6) is 17.2 Å². The highest BCUT2D eigenvalue weighted by atomic mass is 32.2. The number of hydrogen-bond acceptors (Lipinski definition) is 10. The Morgan fingerprint density at radius 3 is 1.98 bits per heavy atom. The number of nitrogens with zero attached hydrogens (tertiary/aromatic N) is 4. The molecule has 242 valence electrons. The van der Waals surface area contributed by atoms with Crippen molar-refractivity contribution in [2.45, 2.75) is 19.3 Å². The molecule has 2 aliphatic rings. The first-order valence-corrected chi connectivity index (χ1v) is 16.2. The number of piperazine rings is 1. The van der Waals surface area contributed by atoms with E-state index < -0.39 is 4.92 Å². The van der Waals surface area contributed by atoms with Gasteiger partial charge in [0.2, 0.25) is 0 Å². The predicted octanol–water partition coefficient (Wildman–Crippen LogP) is 6.44. The molecule has 0 aliphatic carbocycles. The van der Waals surface area contributed by atoms with Crippen LogP contribution in [0.3, 0.4) is 0 Å². The first-order valence-electron chi connectivity index (χ1n) is 15.4. The number of methoxy groups -OCH3 is 1. The standard InChI is InChI=1S/C34H38N4O7S/c1-43-23-4-18-36-21-19-35(20-22-36)17-2-3-24-44-29-13-7-27(8-14-29)37-33(39)32(46-34(37)40)25-26-5-11-30(12-6-26)45-31-15-9-28(10-16-31)38(41)42/h5-16,25H,2-4,17-24H2,1H3/b32-25-. The maximum absolute atomic E-state index is 13.1. The zero-order chi connectivity index (χ0) is 32.3. The molecule has 3 aromatic carbocycles. The maximum atomic E-state index is 13.1. The van der Waals surface area contributed by atoms with Crippen molar-refractivity contribution in [1.82, 2.24) is 9.80 Å². The van der Waals surface area contributed by atoms with Crippen molar-refractivity contribution in [1.29, 1.82) is 0 Å². The molecule has 3 aromatic rings. The molecule has 0 atom stereocenters.